The van der Waals surface area contributed by atoms with E-state index in [1.165, 1.54) is 11.3 Å². The molecule has 1 atom stereocenters. The number of fused-ring (bicyclic) bond motifs is 2. The normalized spacial score (nSPS) is 22.6. The van der Waals surface area contributed by atoms with Gasteiger partial charge in [-0.1, -0.05) is 47.1 Å². The van der Waals surface area contributed by atoms with Crippen LogP contribution in [0.4, 0.5) is 0 Å². The molecule has 1 saturated heterocycles. The van der Waals surface area contributed by atoms with Crippen LogP contribution in [0.1, 0.15) is 42.6 Å². The minimum atomic E-state index is 0.0480. The van der Waals surface area contributed by atoms with E-state index in [9.17, 15) is 0 Å². The summed E-state index contributed by atoms with van der Waals surface area (Å²) in [7, 11) is 0. The number of hydrogen-bond acceptors (Lipinski definition) is 5. The molecule has 1 spiro atoms. The Morgan fingerprint density at radius 3 is 2.76 bits per heavy atom. The van der Waals surface area contributed by atoms with Crippen molar-refractivity contribution in [1.29, 1.82) is 0 Å². The van der Waals surface area contributed by atoms with Crippen LogP contribution in [-0.4, -0.2) is 33.7 Å². The molecule has 7 heteroatoms. The van der Waals surface area contributed by atoms with Crippen LogP contribution >= 0.6 is 23.2 Å². The molecule has 1 aliphatic carbocycles. The largest absolute Gasteiger partial charge is 0.358 e. The quantitative estimate of drug-likeness (QED) is 0.549. The van der Waals surface area contributed by atoms with Crippen molar-refractivity contribution in [1.82, 2.24) is 14.8 Å². The first-order valence-electron chi connectivity index (χ1n) is 11.6. The van der Waals surface area contributed by atoms with E-state index in [0.29, 0.717) is 10.0 Å². The molecule has 0 radical (unpaired) electrons. The van der Waals surface area contributed by atoms with E-state index >= 15 is 0 Å². The number of hydrogen-bond donors (Lipinski definition) is 1. The summed E-state index contributed by atoms with van der Waals surface area (Å²) in [6.45, 7) is 3.96. The van der Waals surface area contributed by atoms with E-state index in [4.69, 9.17) is 33.9 Å². The molecule has 1 unspecified atom stereocenters. The molecule has 172 valence electrons. The lowest BCUT2D eigenvalue weighted by atomic mass is 9.73. The van der Waals surface area contributed by atoms with Crippen LogP contribution in [0.25, 0.3) is 5.57 Å². The molecule has 1 aromatic carbocycles. The smallest absolute Gasteiger partial charge is 0.147 e. The van der Waals surface area contributed by atoms with Crippen LogP contribution in [-0.2, 0) is 6.42 Å². The van der Waals surface area contributed by atoms with Crippen LogP contribution in [0.3, 0.4) is 0 Å². The maximum absolute atomic E-state index is 6.76. The fourth-order valence-corrected chi connectivity index (χ4v) is 6.19. The SMILES string of the molecule is CC1=C(c2cccc(Cl)c2Cl)C2=NC=C=CN2C(N2CCC3(CC2)Cc2ncccc2C3N)=C1. The highest BCUT2D eigenvalue weighted by Gasteiger charge is 2.47. The summed E-state index contributed by atoms with van der Waals surface area (Å²) < 4.78 is 0. The molecule has 1 aromatic heterocycles. The third-order valence-electron chi connectivity index (χ3n) is 7.65. The molecule has 4 aliphatic rings. The number of benzene rings is 1. The van der Waals surface area contributed by atoms with Gasteiger partial charge in [0.1, 0.15) is 11.7 Å². The van der Waals surface area contributed by atoms with Gasteiger partial charge in [-0.15, -0.1) is 0 Å². The highest BCUT2D eigenvalue weighted by Crippen LogP contribution is 2.51. The van der Waals surface area contributed by atoms with Crippen molar-refractivity contribution in [3.63, 3.8) is 0 Å². The van der Waals surface area contributed by atoms with Crippen LogP contribution in [0.2, 0.25) is 10.0 Å². The number of allylic oxidation sites excluding steroid dienone is 2. The maximum Gasteiger partial charge on any atom is 0.147 e. The number of amidine groups is 1. The first-order valence-corrected chi connectivity index (χ1v) is 12.3. The van der Waals surface area contributed by atoms with Gasteiger partial charge >= 0.3 is 0 Å². The third kappa shape index (κ3) is 3.27. The standard InChI is InChI=1S/C27H25Cl2N5/c1-17-15-22(33-13-8-27(9-14-33)16-21-18(25(27)30)6-3-10-31-21)34-12-4-11-32-26(34)23(17)19-5-2-7-20(28)24(19)29/h2-3,5-7,10-12,15,25H,8-9,13-14,16,30H2,1H3. The molecule has 3 aliphatic heterocycles. The number of piperidine rings is 1. The number of aliphatic imine (C=N–C) groups is 1. The second-order valence-corrected chi connectivity index (χ2v) is 10.2. The highest BCUT2D eigenvalue weighted by atomic mass is 35.5. The first kappa shape index (κ1) is 21.7. The van der Waals surface area contributed by atoms with Gasteiger partial charge in [0.15, 0.2) is 0 Å². The number of likely N-dealkylation sites (tertiary alicyclic amines) is 1. The zero-order valence-electron chi connectivity index (χ0n) is 18.9. The Bertz CT molecular complexity index is 1340. The van der Waals surface area contributed by atoms with Crippen molar-refractivity contribution in [2.24, 2.45) is 16.1 Å². The summed E-state index contributed by atoms with van der Waals surface area (Å²) in [5, 5.41) is 1.08. The topological polar surface area (TPSA) is 57.8 Å². The molecule has 0 saturated carbocycles. The summed E-state index contributed by atoms with van der Waals surface area (Å²) >= 11 is 12.9. The predicted octanol–water partition coefficient (Wildman–Crippen LogP) is 5.70. The van der Waals surface area contributed by atoms with Gasteiger partial charge < -0.3 is 10.6 Å². The van der Waals surface area contributed by atoms with E-state index in [2.05, 4.69) is 39.6 Å². The number of halogens is 2. The van der Waals surface area contributed by atoms with E-state index in [-0.39, 0.29) is 11.5 Å². The molecular formula is C27H25Cl2N5. The van der Waals surface area contributed by atoms with E-state index in [1.807, 2.05) is 30.6 Å². The monoisotopic (exact) mass is 489 g/mol. The molecule has 6 rings (SSSR count). The van der Waals surface area contributed by atoms with Crippen LogP contribution in [0, 0.1) is 5.41 Å². The minimum Gasteiger partial charge on any atom is -0.358 e. The van der Waals surface area contributed by atoms with Gasteiger partial charge in [0.25, 0.3) is 0 Å². The molecule has 2 aromatic rings. The predicted molar refractivity (Wildman–Crippen MR) is 137 cm³/mol. The first-order chi connectivity index (χ1) is 16.5. The van der Waals surface area contributed by atoms with Gasteiger partial charge in [0.05, 0.1) is 22.4 Å². The fraction of sp³-hybridized carbons (Fsp3) is 0.296. The number of pyridine rings is 1. The van der Waals surface area contributed by atoms with Crippen molar-refractivity contribution in [3.8, 4) is 0 Å². The lowest BCUT2D eigenvalue weighted by Gasteiger charge is -2.46. The molecule has 1 fully saturated rings. The second kappa shape index (κ2) is 8.14. The molecular weight excluding hydrogens is 465 g/mol. The molecule has 2 N–H and O–H groups in total. The fourth-order valence-electron chi connectivity index (χ4n) is 5.80. The Hall–Kier alpha value is -2.82. The Morgan fingerprint density at radius 2 is 1.97 bits per heavy atom. The maximum atomic E-state index is 6.76. The van der Waals surface area contributed by atoms with Gasteiger partial charge in [0, 0.05) is 42.2 Å². The number of nitrogens with zero attached hydrogens (tertiary/aromatic N) is 4. The van der Waals surface area contributed by atoms with Crippen LogP contribution < -0.4 is 5.73 Å². The van der Waals surface area contributed by atoms with Gasteiger partial charge in [-0.05, 0) is 60.9 Å². The van der Waals surface area contributed by atoms with Gasteiger partial charge in [0.2, 0.25) is 0 Å². The van der Waals surface area contributed by atoms with Crippen molar-refractivity contribution in [3.05, 3.63) is 99.0 Å². The summed E-state index contributed by atoms with van der Waals surface area (Å²) in [6, 6.07) is 9.90. The molecule has 0 amide bonds. The highest BCUT2D eigenvalue weighted by molar-refractivity contribution is 6.44. The summed E-state index contributed by atoms with van der Waals surface area (Å²) in [6.07, 6.45) is 10.8. The number of aromatic nitrogens is 1. The molecule has 4 heterocycles. The van der Waals surface area contributed by atoms with E-state index in [1.54, 1.807) is 12.3 Å². The molecule has 5 nitrogen and oxygen atoms in total. The molecule has 34 heavy (non-hydrogen) atoms. The van der Waals surface area contributed by atoms with E-state index < -0.39 is 0 Å². The van der Waals surface area contributed by atoms with Crippen molar-refractivity contribution < 1.29 is 0 Å². The Balaban J connectivity index is 1.32. The zero-order chi connectivity index (χ0) is 23.4. The summed E-state index contributed by atoms with van der Waals surface area (Å²) in [4.78, 5) is 13.9. The zero-order valence-corrected chi connectivity index (χ0v) is 20.4. The van der Waals surface area contributed by atoms with Crippen LogP contribution in [0.15, 0.2) is 77.1 Å². The second-order valence-electron chi connectivity index (χ2n) is 9.45. The number of rotatable bonds is 2. The average molecular weight is 490 g/mol. The summed E-state index contributed by atoms with van der Waals surface area (Å²) in [5.74, 6) is 1.95. The van der Waals surface area contributed by atoms with Gasteiger partial charge in [-0.25, -0.2) is 4.99 Å². The van der Waals surface area contributed by atoms with E-state index in [0.717, 1.165) is 60.7 Å². The Labute approximate surface area is 209 Å². The minimum absolute atomic E-state index is 0.0480. The number of nitrogens with two attached hydrogens (primary N) is 1. The van der Waals surface area contributed by atoms with Crippen LogP contribution in [0.5, 0.6) is 0 Å². The lowest BCUT2D eigenvalue weighted by Crippen LogP contribution is -2.47. The van der Waals surface area contributed by atoms with Crippen molar-refractivity contribution in [2.75, 3.05) is 13.1 Å². The van der Waals surface area contributed by atoms with Crippen molar-refractivity contribution >= 4 is 34.6 Å². The average Bonchev–Trinajstić information content (AvgIpc) is 3.12. The molecule has 0 bridgehead atoms. The Morgan fingerprint density at radius 1 is 1.15 bits per heavy atom. The van der Waals surface area contributed by atoms with Gasteiger partial charge in [-0.2, -0.15) is 0 Å². The van der Waals surface area contributed by atoms with Crippen molar-refractivity contribution in [2.45, 2.75) is 32.2 Å². The third-order valence-corrected chi connectivity index (χ3v) is 8.47. The van der Waals surface area contributed by atoms with Gasteiger partial charge in [-0.3, -0.25) is 9.88 Å². The summed E-state index contributed by atoms with van der Waals surface area (Å²) in [5.41, 5.74) is 15.3. The lowest BCUT2D eigenvalue weighted by molar-refractivity contribution is 0.0988. The Kier molecular flexibility index (Phi) is 5.20.